The van der Waals surface area contributed by atoms with E-state index >= 15 is 0 Å². The quantitative estimate of drug-likeness (QED) is 0.885. The van der Waals surface area contributed by atoms with Gasteiger partial charge in [-0.05, 0) is 32.4 Å². The van der Waals surface area contributed by atoms with Gasteiger partial charge in [0.1, 0.15) is 17.7 Å². The lowest BCUT2D eigenvalue weighted by Crippen LogP contribution is -2.23. The van der Waals surface area contributed by atoms with Crippen LogP contribution >= 0.6 is 0 Å². The molecule has 112 valence electrons. The van der Waals surface area contributed by atoms with Gasteiger partial charge >= 0.3 is 0 Å². The van der Waals surface area contributed by atoms with Gasteiger partial charge in [-0.25, -0.2) is 14.4 Å². The van der Waals surface area contributed by atoms with Gasteiger partial charge in [0.15, 0.2) is 11.6 Å². The first kappa shape index (κ1) is 15.2. The summed E-state index contributed by atoms with van der Waals surface area (Å²) in [6, 6.07) is 8.32. The maximum atomic E-state index is 13.5. The molecule has 4 nitrogen and oxygen atoms in total. The molecule has 0 amide bonds. The van der Waals surface area contributed by atoms with Crippen LogP contribution in [0, 0.1) is 12.7 Å². The van der Waals surface area contributed by atoms with E-state index in [9.17, 15) is 4.39 Å². The van der Waals surface area contributed by atoms with Crippen molar-refractivity contribution in [3.8, 4) is 5.75 Å². The number of para-hydroxylation sites is 1. The highest BCUT2D eigenvalue weighted by Crippen LogP contribution is 2.17. The molecule has 1 heterocycles. The average molecular weight is 289 g/mol. The zero-order chi connectivity index (χ0) is 15.2. The summed E-state index contributed by atoms with van der Waals surface area (Å²) in [5.41, 5.74) is 0.993. The lowest BCUT2D eigenvalue weighted by Gasteiger charge is -2.16. The zero-order valence-corrected chi connectivity index (χ0v) is 12.6. The molecule has 0 bridgehead atoms. The summed E-state index contributed by atoms with van der Waals surface area (Å²) < 4.78 is 19.1. The summed E-state index contributed by atoms with van der Waals surface area (Å²) in [5, 5.41) is 3.20. The molecule has 0 fully saturated rings. The number of nitrogens with one attached hydrogen (secondary N) is 1. The molecule has 2 aromatic rings. The Kier molecular flexibility index (Phi) is 5.09. The van der Waals surface area contributed by atoms with Gasteiger partial charge in [0, 0.05) is 11.8 Å². The van der Waals surface area contributed by atoms with Crippen molar-refractivity contribution in [2.24, 2.45) is 0 Å². The largest absolute Gasteiger partial charge is 0.486 e. The number of nitrogens with zero attached hydrogens (tertiary/aromatic N) is 2. The maximum absolute atomic E-state index is 13.5. The third kappa shape index (κ3) is 4.41. The minimum Gasteiger partial charge on any atom is -0.486 e. The summed E-state index contributed by atoms with van der Waals surface area (Å²) >= 11 is 0. The topological polar surface area (TPSA) is 47.0 Å². The second-order valence-corrected chi connectivity index (χ2v) is 4.89. The molecule has 0 saturated carbocycles. The van der Waals surface area contributed by atoms with Crippen LogP contribution in [0.25, 0.3) is 0 Å². The molecule has 21 heavy (non-hydrogen) atoms. The Morgan fingerprint density at radius 1 is 1.29 bits per heavy atom. The molecular formula is C16H20FN3O. The highest BCUT2D eigenvalue weighted by Gasteiger charge is 2.08. The van der Waals surface area contributed by atoms with Crippen LogP contribution in [0.3, 0.4) is 0 Å². The van der Waals surface area contributed by atoms with Crippen molar-refractivity contribution in [2.45, 2.75) is 33.3 Å². The number of ether oxygens (including phenoxy) is 1. The number of halogens is 1. The van der Waals surface area contributed by atoms with Crippen molar-refractivity contribution in [1.29, 1.82) is 0 Å². The minimum absolute atomic E-state index is 0.178. The van der Waals surface area contributed by atoms with E-state index in [0.717, 1.165) is 23.8 Å². The van der Waals surface area contributed by atoms with Crippen LogP contribution in [0.15, 0.2) is 30.3 Å². The third-order valence-corrected chi connectivity index (χ3v) is 2.99. The zero-order valence-electron chi connectivity index (χ0n) is 12.6. The van der Waals surface area contributed by atoms with Crippen LogP contribution in [-0.2, 0) is 6.42 Å². The van der Waals surface area contributed by atoms with Crippen molar-refractivity contribution in [2.75, 3.05) is 11.9 Å². The van der Waals surface area contributed by atoms with E-state index in [0.29, 0.717) is 6.54 Å². The second-order valence-electron chi connectivity index (χ2n) is 4.89. The molecule has 0 radical (unpaired) electrons. The van der Waals surface area contributed by atoms with Crippen LogP contribution in [-0.4, -0.2) is 22.6 Å². The summed E-state index contributed by atoms with van der Waals surface area (Å²) in [6.07, 6.45) is 0.682. The number of hydrogen-bond acceptors (Lipinski definition) is 4. The molecule has 1 unspecified atom stereocenters. The molecule has 0 aliphatic rings. The van der Waals surface area contributed by atoms with Crippen LogP contribution < -0.4 is 10.1 Å². The summed E-state index contributed by atoms with van der Waals surface area (Å²) in [4.78, 5) is 8.65. The average Bonchev–Trinajstić information content (AvgIpc) is 2.47. The van der Waals surface area contributed by atoms with E-state index in [1.165, 1.54) is 6.07 Å². The standard InChI is InChI=1S/C16H20FN3O/c1-4-13-9-16(20-12(3)19-13)18-10-11(2)21-15-8-6-5-7-14(15)17/h5-9,11H,4,10H2,1-3H3,(H,18,19,20). The molecule has 0 spiro atoms. The van der Waals surface area contributed by atoms with E-state index in [2.05, 4.69) is 22.2 Å². The van der Waals surface area contributed by atoms with Crippen LogP contribution in [0.1, 0.15) is 25.4 Å². The molecule has 0 saturated heterocycles. The van der Waals surface area contributed by atoms with Gasteiger partial charge < -0.3 is 10.1 Å². The van der Waals surface area contributed by atoms with Gasteiger partial charge in [-0.1, -0.05) is 19.1 Å². The fourth-order valence-electron chi connectivity index (χ4n) is 1.95. The molecule has 1 aromatic carbocycles. The number of aromatic nitrogens is 2. The van der Waals surface area contributed by atoms with Crippen LogP contribution in [0.4, 0.5) is 10.2 Å². The van der Waals surface area contributed by atoms with Crippen LogP contribution in [0.2, 0.25) is 0 Å². The predicted molar refractivity (Wildman–Crippen MR) is 81.1 cm³/mol. The second kappa shape index (κ2) is 7.02. The number of hydrogen-bond donors (Lipinski definition) is 1. The number of rotatable bonds is 6. The van der Waals surface area contributed by atoms with E-state index in [1.54, 1.807) is 18.2 Å². The molecule has 5 heteroatoms. The molecule has 0 aliphatic carbocycles. The molecule has 0 aliphatic heterocycles. The monoisotopic (exact) mass is 289 g/mol. The first-order chi connectivity index (χ1) is 10.1. The van der Waals surface area contributed by atoms with Gasteiger partial charge in [-0.2, -0.15) is 0 Å². The fraction of sp³-hybridized carbons (Fsp3) is 0.375. The highest BCUT2D eigenvalue weighted by molar-refractivity contribution is 5.36. The van der Waals surface area contributed by atoms with E-state index in [4.69, 9.17) is 4.74 Å². The van der Waals surface area contributed by atoms with E-state index in [-0.39, 0.29) is 17.7 Å². The normalized spacial score (nSPS) is 12.0. The summed E-state index contributed by atoms with van der Waals surface area (Å²) in [6.45, 7) is 6.33. The smallest absolute Gasteiger partial charge is 0.165 e. The molecule has 1 atom stereocenters. The SMILES string of the molecule is CCc1cc(NCC(C)Oc2ccccc2F)nc(C)n1. The minimum atomic E-state index is -0.351. The first-order valence-electron chi connectivity index (χ1n) is 7.08. The number of benzene rings is 1. The van der Waals surface area contributed by atoms with Gasteiger partial charge in [0.25, 0.3) is 0 Å². The Hall–Kier alpha value is -2.17. The van der Waals surface area contributed by atoms with E-state index < -0.39 is 0 Å². The Labute approximate surface area is 124 Å². The Bertz CT molecular complexity index is 604. The van der Waals surface area contributed by atoms with Crippen molar-refractivity contribution in [1.82, 2.24) is 9.97 Å². The molecule has 2 rings (SSSR count). The van der Waals surface area contributed by atoms with Crippen LogP contribution in [0.5, 0.6) is 5.75 Å². The summed E-state index contributed by atoms with van der Waals surface area (Å²) in [7, 11) is 0. The molecule has 1 N–H and O–H groups in total. The first-order valence-corrected chi connectivity index (χ1v) is 7.08. The highest BCUT2D eigenvalue weighted by atomic mass is 19.1. The van der Waals surface area contributed by atoms with Gasteiger partial charge in [0.2, 0.25) is 0 Å². The Morgan fingerprint density at radius 2 is 2.05 bits per heavy atom. The van der Waals surface area contributed by atoms with Crippen molar-refractivity contribution >= 4 is 5.82 Å². The Morgan fingerprint density at radius 3 is 2.76 bits per heavy atom. The number of aryl methyl sites for hydroxylation is 2. The summed E-state index contributed by atoms with van der Waals surface area (Å²) in [5.74, 6) is 1.42. The lowest BCUT2D eigenvalue weighted by molar-refractivity contribution is 0.224. The maximum Gasteiger partial charge on any atom is 0.165 e. The lowest BCUT2D eigenvalue weighted by atomic mass is 10.3. The fourth-order valence-corrected chi connectivity index (χ4v) is 1.95. The number of anilines is 1. The van der Waals surface area contributed by atoms with Gasteiger partial charge in [-0.3, -0.25) is 0 Å². The van der Waals surface area contributed by atoms with E-state index in [1.807, 2.05) is 19.9 Å². The molecule has 1 aromatic heterocycles. The van der Waals surface area contributed by atoms with Crippen molar-refractivity contribution < 1.29 is 9.13 Å². The molecular weight excluding hydrogens is 269 g/mol. The predicted octanol–water partition coefficient (Wildman–Crippen LogP) is 3.37. The van der Waals surface area contributed by atoms with Gasteiger partial charge in [0.05, 0.1) is 6.54 Å². The third-order valence-electron chi connectivity index (χ3n) is 2.99. The Balaban J connectivity index is 1.93. The van der Waals surface area contributed by atoms with Gasteiger partial charge in [-0.15, -0.1) is 0 Å². The van der Waals surface area contributed by atoms with Crippen molar-refractivity contribution in [3.63, 3.8) is 0 Å². The van der Waals surface area contributed by atoms with Crippen molar-refractivity contribution in [3.05, 3.63) is 47.7 Å².